The second kappa shape index (κ2) is 6.03. The fourth-order valence-electron chi connectivity index (χ4n) is 2.69. The molecule has 1 aliphatic rings. The molecular weight excluding hydrogens is 270 g/mol. The van der Waals surface area contributed by atoms with Gasteiger partial charge < -0.3 is 20.6 Å². The van der Waals surface area contributed by atoms with Crippen LogP contribution in [0.15, 0.2) is 29.4 Å². The van der Waals surface area contributed by atoms with E-state index in [0.717, 1.165) is 17.7 Å². The molecule has 1 amide bonds. The third-order valence-corrected chi connectivity index (χ3v) is 4.12. The Morgan fingerprint density at radius 1 is 1.52 bits per heavy atom. The highest BCUT2D eigenvalue weighted by atomic mass is 16.5. The van der Waals surface area contributed by atoms with Crippen molar-refractivity contribution in [2.24, 2.45) is 16.3 Å². The van der Waals surface area contributed by atoms with E-state index in [9.17, 15) is 4.79 Å². The molecule has 0 aromatic heterocycles. The molecule has 1 fully saturated rings. The number of hydrogen-bond donors (Lipinski definition) is 2. The minimum atomic E-state index is -0.831. The van der Waals surface area contributed by atoms with Crippen molar-refractivity contribution in [2.75, 3.05) is 14.2 Å². The van der Waals surface area contributed by atoms with Crippen LogP contribution < -0.4 is 10.5 Å². The van der Waals surface area contributed by atoms with Gasteiger partial charge in [-0.3, -0.25) is 4.79 Å². The molecule has 0 bridgehead atoms. The third-order valence-electron chi connectivity index (χ3n) is 4.12. The van der Waals surface area contributed by atoms with Gasteiger partial charge in [0.1, 0.15) is 11.2 Å². The lowest BCUT2D eigenvalue weighted by atomic mass is 9.67. The van der Waals surface area contributed by atoms with Crippen molar-refractivity contribution in [3.05, 3.63) is 29.8 Å². The van der Waals surface area contributed by atoms with Crippen LogP contribution in [0.3, 0.4) is 0 Å². The lowest BCUT2D eigenvalue weighted by molar-refractivity contribution is -0.141. The summed E-state index contributed by atoms with van der Waals surface area (Å²) in [5.41, 5.74) is 5.86. The zero-order valence-corrected chi connectivity index (χ0v) is 12.4. The highest BCUT2D eigenvalue weighted by molar-refractivity contribution is 6.07. The average Bonchev–Trinajstić information content (AvgIpc) is 2.45. The van der Waals surface area contributed by atoms with Crippen LogP contribution in [0, 0.1) is 5.41 Å². The first-order valence-electron chi connectivity index (χ1n) is 6.90. The van der Waals surface area contributed by atoms with Gasteiger partial charge in [0.15, 0.2) is 5.84 Å². The van der Waals surface area contributed by atoms with Crippen molar-refractivity contribution in [3.8, 4) is 5.75 Å². The first kappa shape index (κ1) is 15.2. The number of carbonyl (C=O) groups is 1. The van der Waals surface area contributed by atoms with Gasteiger partial charge in [-0.25, -0.2) is 0 Å². The van der Waals surface area contributed by atoms with E-state index in [1.807, 2.05) is 24.3 Å². The maximum atomic E-state index is 12.6. The van der Waals surface area contributed by atoms with Gasteiger partial charge in [0, 0.05) is 13.6 Å². The van der Waals surface area contributed by atoms with Crippen LogP contribution in [0.1, 0.15) is 24.8 Å². The number of amides is 1. The number of nitrogens with two attached hydrogens (primary N) is 1. The van der Waals surface area contributed by atoms with Gasteiger partial charge >= 0.3 is 0 Å². The molecule has 2 rings (SSSR count). The van der Waals surface area contributed by atoms with Gasteiger partial charge in [0.25, 0.3) is 0 Å². The lowest BCUT2D eigenvalue weighted by Gasteiger charge is -2.41. The number of carbonyl (C=O) groups excluding carboxylic acids is 1. The molecule has 3 N–H and O–H groups in total. The second-order valence-electron chi connectivity index (χ2n) is 5.43. The van der Waals surface area contributed by atoms with E-state index in [4.69, 9.17) is 15.7 Å². The summed E-state index contributed by atoms with van der Waals surface area (Å²) in [7, 11) is 3.34. The maximum Gasteiger partial charge on any atom is 0.236 e. The molecule has 114 valence electrons. The maximum absolute atomic E-state index is 12.6. The molecule has 21 heavy (non-hydrogen) atoms. The SMILES string of the molecule is COc1cccc(CN(C)C(=O)C2(/C(N)=N/O)CCC2)c1. The predicted molar refractivity (Wildman–Crippen MR) is 79.2 cm³/mol. The molecule has 1 saturated carbocycles. The molecule has 0 aliphatic heterocycles. The Balaban J connectivity index is 2.12. The highest BCUT2D eigenvalue weighted by Crippen LogP contribution is 2.42. The standard InChI is InChI=1S/C15H21N3O3/c1-18(10-11-5-3-6-12(9-11)21-2)14(19)15(7-4-8-15)13(16)17-20/h3,5-6,9,20H,4,7-8,10H2,1-2H3,(H2,16,17). The van der Waals surface area contributed by atoms with Crippen LogP contribution in [0.2, 0.25) is 0 Å². The molecule has 0 radical (unpaired) electrons. The molecule has 6 nitrogen and oxygen atoms in total. The van der Waals surface area contributed by atoms with Crippen LogP contribution >= 0.6 is 0 Å². The summed E-state index contributed by atoms with van der Waals surface area (Å²) in [6, 6.07) is 7.56. The van der Waals surface area contributed by atoms with Crippen molar-refractivity contribution >= 4 is 11.7 Å². The monoisotopic (exact) mass is 291 g/mol. The van der Waals surface area contributed by atoms with Gasteiger partial charge in [-0.2, -0.15) is 0 Å². The molecule has 0 spiro atoms. The Kier molecular flexibility index (Phi) is 4.35. The van der Waals surface area contributed by atoms with Crippen molar-refractivity contribution in [3.63, 3.8) is 0 Å². The molecular formula is C15H21N3O3. The highest BCUT2D eigenvalue weighted by Gasteiger charge is 2.49. The molecule has 1 aliphatic carbocycles. The second-order valence-corrected chi connectivity index (χ2v) is 5.43. The normalized spacial score (nSPS) is 17.0. The summed E-state index contributed by atoms with van der Waals surface area (Å²) >= 11 is 0. The number of hydrogen-bond acceptors (Lipinski definition) is 4. The zero-order valence-electron chi connectivity index (χ0n) is 12.4. The van der Waals surface area contributed by atoms with E-state index in [-0.39, 0.29) is 11.7 Å². The first-order valence-corrected chi connectivity index (χ1v) is 6.90. The fourth-order valence-corrected chi connectivity index (χ4v) is 2.69. The molecule has 0 heterocycles. The van der Waals surface area contributed by atoms with Crippen molar-refractivity contribution in [2.45, 2.75) is 25.8 Å². The number of nitrogens with zero attached hydrogens (tertiary/aromatic N) is 2. The molecule has 0 atom stereocenters. The van der Waals surface area contributed by atoms with Crippen molar-refractivity contribution in [1.29, 1.82) is 0 Å². The summed E-state index contributed by atoms with van der Waals surface area (Å²) in [5, 5.41) is 11.9. The van der Waals surface area contributed by atoms with Crippen LogP contribution in [0.25, 0.3) is 0 Å². The summed E-state index contributed by atoms with van der Waals surface area (Å²) in [5.74, 6) is 0.659. The van der Waals surface area contributed by atoms with Crippen molar-refractivity contribution in [1.82, 2.24) is 4.90 Å². The summed E-state index contributed by atoms with van der Waals surface area (Å²) in [6.45, 7) is 0.455. The van der Waals surface area contributed by atoms with E-state index in [1.54, 1.807) is 19.1 Å². The summed E-state index contributed by atoms with van der Waals surface area (Å²) < 4.78 is 5.18. The van der Waals surface area contributed by atoms with E-state index in [1.165, 1.54) is 0 Å². The van der Waals surface area contributed by atoms with E-state index >= 15 is 0 Å². The minimum absolute atomic E-state index is 0.0104. The number of methoxy groups -OCH3 is 1. The van der Waals surface area contributed by atoms with E-state index in [0.29, 0.717) is 19.4 Å². The van der Waals surface area contributed by atoms with Crippen LogP contribution in [-0.4, -0.2) is 36.0 Å². The molecule has 1 aromatic rings. The molecule has 6 heteroatoms. The van der Waals surface area contributed by atoms with Crippen LogP contribution in [0.5, 0.6) is 5.75 Å². The summed E-state index contributed by atoms with van der Waals surface area (Å²) in [6.07, 6.45) is 2.17. The Hall–Kier alpha value is -2.24. The molecule has 1 aromatic carbocycles. The number of benzene rings is 1. The smallest absolute Gasteiger partial charge is 0.236 e. The number of amidine groups is 1. The van der Waals surface area contributed by atoms with Crippen molar-refractivity contribution < 1.29 is 14.7 Å². The molecule has 0 unspecified atom stereocenters. The van der Waals surface area contributed by atoms with Crippen LogP contribution in [0.4, 0.5) is 0 Å². The predicted octanol–water partition coefficient (Wildman–Crippen LogP) is 1.57. The van der Waals surface area contributed by atoms with E-state index < -0.39 is 5.41 Å². The largest absolute Gasteiger partial charge is 0.497 e. The Morgan fingerprint density at radius 2 is 2.24 bits per heavy atom. The minimum Gasteiger partial charge on any atom is -0.497 e. The Morgan fingerprint density at radius 3 is 2.76 bits per heavy atom. The van der Waals surface area contributed by atoms with Gasteiger partial charge in [-0.05, 0) is 30.5 Å². The fraction of sp³-hybridized carbons (Fsp3) is 0.467. The zero-order chi connectivity index (χ0) is 15.5. The number of ether oxygens (including phenoxy) is 1. The van der Waals surface area contributed by atoms with Gasteiger partial charge in [-0.1, -0.05) is 23.7 Å². The van der Waals surface area contributed by atoms with Gasteiger partial charge in [0.2, 0.25) is 5.91 Å². The topological polar surface area (TPSA) is 88.2 Å². The number of rotatable bonds is 5. The number of oxime groups is 1. The summed E-state index contributed by atoms with van der Waals surface area (Å²) in [4.78, 5) is 14.2. The quantitative estimate of drug-likeness (QED) is 0.373. The van der Waals surface area contributed by atoms with Crippen LogP contribution in [-0.2, 0) is 11.3 Å². The van der Waals surface area contributed by atoms with Gasteiger partial charge in [-0.15, -0.1) is 0 Å². The third kappa shape index (κ3) is 2.79. The lowest BCUT2D eigenvalue weighted by Crippen LogP contribution is -2.54. The first-order chi connectivity index (χ1) is 10.0. The van der Waals surface area contributed by atoms with Gasteiger partial charge in [0.05, 0.1) is 7.11 Å². The van der Waals surface area contributed by atoms with E-state index in [2.05, 4.69) is 5.16 Å². The Bertz CT molecular complexity index is 553. The average molecular weight is 291 g/mol. The molecule has 0 saturated heterocycles. The Labute approximate surface area is 124 Å².